The fraction of sp³-hybridized carbons (Fsp3) is 0.417. The molecule has 0 saturated carbocycles. The molecule has 1 aromatic carbocycles. The SMILES string of the molecule is CCCCc1ccc2c(c1)C(=O)OC2.O. The normalized spacial score (nSPS) is 13.0. The molecule has 3 heteroatoms. The molecule has 0 fully saturated rings. The lowest BCUT2D eigenvalue weighted by Gasteiger charge is -2.01. The van der Waals surface area contributed by atoms with Gasteiger partial charge in [-0.2, -0.15) is 0 Å². The second-order valence-electron chi connectivity index (χ2n) is 3.67. The topological polar surface area (TPSA) is 57.8 Å². The molecule has 15 heavy (non-hydrogen) atoms. The van der Waals surface area contributed by atoms with Gasteiger partial charge >= 0.3 is 5.97 Å². The van der Waals surface area contributed by atoms with Crippen molar-refractivity contribution >= 4 is 5.97 Å². The van der Waals surface area contributed by atoms with Crippen molar-refractivity contribution in [2.45, 2.75) is 32.8 Å². The predicted molar refractivity (Wildman–Crippen MR) is 57.8 cm³/mol. The van der Waals surface area contributed by atoms with E-state index in [9.17, 15) is 4.79 Å². The summed E-state index contributed by atoms with van der Waals surface area (Å²) in [5.74, 6) is -0.168. The van der Waals surface area contributed by atoms with Crippen molar-refractivity contribution < 1.29 is 15.0 Å². The lowest BCUT2D eigenvalue weighted by molar-refractivity contribution is 0.0535. The molecule has 1 heterocycles. The Hall–Kier alpha value is -1.35. The monoisotopic (exact) mass is 208 g/mol. The Labute approximate surface area is 89.4 Å². The number of ether oxygens (including phenoxy) is 1. The summed E-state index contributed by atoms with van der Waals surface area (Å²) in [5.41, 5.74) is 3.03. The van der Waals surface area contributed by atoms with Crippen LogP contribution in [0.3, 0.4) is 0 Å². The molecule has 2 rings (SSSR count). The zero-order valence-electron chi connectivity index (χ0n) is 8.88. The van der Waals surface area contributed by atoms with Gasteiger partial charge < -0.3 is 10.2 Å². The molecule has 0 spiro atoms. The summed E-state index contributed by atoms with van der Waals surface area (Å²) in [7, 11) is 0. The standard InChI is InChI=1S/C12H14O2.H2O/c1-2-3-4-9-5-6-10-8-14-12(13)11(10)7-9;/h5-7H,2-4,8H2,1H3;1H2. The van der Waals surface area contributed by atoms with E-state index < -0.39 is 0 Å². The Bertz CT molecular complexity index is 358. The minimum absolute atomic E-state index is 0. The molecule has 82 valence electrons. The number of benzene rings is 1. The Morgan fingerprint density at radius 1 is 1.40 bits per heavy atom. The van der Waals surface area contributed by atoms with Gasteiger partial charge in [0.25, 0.3) is 0 Å². The second kappa shape index (κ2) is 4.94. The van der Waals surface area contributed by atoms with Crippen LogP contribution in [0.1, 0.15) is 41.3 Å². The van der Waals surface area contributed by atoms with Gasteiger partial charge in [-0.05, 0) is 24.5 Å². The fourth-order valence-electron chi connectivity index (χ4n) is 1.70. The first-order chi connectivity index (χ1) is 6.81. The molecular formula is C12H16O3. The number of unbranched alkanes of at least 4 members (excludes halogenated alkanes) is 1. The van der Waals surface area contributed by atoms with Crippen LogP contribution < -0.4 is 0 Å². The minimum atomic E-state index is -0.168. The van der Waals surface area contributed by atoms with E-state index in [4.69, 9.17) is 4.74 Å². The van der Waals surface area contributed by atoms with E-state index in [0.29, 0.717) is 6.61 Å². The van der Waals surface area contributed by atoms with Gasteiger partial charge in [0.2, 0.25) is 0 Å². The highest BCUT2D eigenvalue weighted by Crippen LogP contribution is 2.21. The molecule has 0 saturated heterocycles. The van der Waals surface area contributed by atoms with E-state index >= 15 is 0 Å². The van der Waals surface area contributed by atoms with Gasteiger partial charge in [0, 0.05) is 5.56 Å². The highest BCUT2D eigenvalue weighted by molar-refractivity contribution is 5.93. The predicted octanol–water partition coefficient (Wildman–Crippen LogP) is 1.87. The second-order valence-corrected chi connectivity index (χ2v) is 3.67. The van der Waals surface area contributed by atoms with Crippen molar-refractivity contribution in [3.63, 3.8) is 0 Å². The molecule has 0 atom stereocenters. The van der Waals surface area contributed by atoms with Crippen LogP contribution in [0, 0.1) is 0 Å². The van der Waals surface area contributed by atoms with Crippen LogP contribution in [0.2, 0.25) is 0 Å². The molecule has 1 aliphatic heterocycles. The molecule has 0 unspecified atom stereocenters. The van der Waals surface area contributed by atoms with Crippen LogP contribution in [0.5, 0.6) is 0 Å². The maximum absolute atomic E-state index is 11.3. The third-order valence-corrected chi connectivity index (χ3v) is 2.57. The summed E-state index contributed by atoms with van der Waals surface area (Å²) in [6.07, 6.45) is 3.41. The maximum atomic E-state index is 11.3. The Morgan fingerprint density at radius 2 is 2.20 bits per heavy atom. The van der Waals surface area contributed by atoms with Crippen molar-refractivity contribution in [2.75, 3.05) is 0 Å². The molecule has 3 nitrogen and oxygen atoms in total. The largest absolute Gasteiger partial charge is 0.457 e. The van der Waals surface area contributed by atoms with Crippen LogP contribution >= 0.6 is 0 Å². The molecule has 0 amide bonds. The number of esters is 1. The maximum Gasteiger partial charge on any atom is 0.338 e. The summed E-state index contributed by atoms with van der Waals surface area (Å²) >= 11 is 0. The molecule has 0 radical (unpaired) electrons. The Kier molecular flexibility index (Phi) is 3.86. The van der Waals surface area contributed by atoms with Gasteiger partial charge in [-0.25, -0.2) is 4.79 Å². The average molecular weight is 208 g/mol. The third-order valence-electron chi connectivity index (χ3n) is 2.57. The van der Waals surface area contributed by atoms with Gasteiger partial charge in [-0.15, -0.1) is 0 Å². The van der Waals surface area contributed by atoms with Crippen molar-refractivity contribution in [1.82, 2.24) is 0 Å². The highest BCUT2D eigenvalue weighted by Gasteiger charge is 2.20. The number of hydrogen-bond acceptors (Lipinski definition) is 2. The van der Waals surface area contributed by atoms with E-state index in [1.807, 2.05) is 12.1 Å². The lowest BCUT2D eigenvalue weighted by Crippen LogP contribution is -1.95. The van der Waals surface area contributed by atoms with E-state index in [-0.39, 0.29) is 11.4 Å². The van der Waals surface area contributed by atoms with E-state index in [1.54, 1.807) is 0 Å². The van der Waals surface area contributed by atoms with Crippen LogP contribution in [-0.2, 0) is 17.8 Å². The number of hydrogen-bond donors (Lipinski definition) is 0. The van der Waals surface area contributed by atoms with Crippen LogP contribution in [-0.4, -0.2) is 11.4 Å². The summed E-state index contributed by atoms with van der Waals surface area (Å²) in [5, 5.41) is 0. The number of aryl methyl sites for hydroxylation is 1. The molecule has 1 aromatic rings. The fourth-order valence-corrected chi connectivity index (χ4v) is 1.70. The highest BCUT2D eigenvalue weighted by atomic mass is 16.5. The summed E-state index contributed by atoms with van der Waals surface area (Å²) < 4.78 is 4.94. The number of carbonyl (C=O) groups is 1. The summed E-state index contributed by atoms with van der Waals surface area (Å²) in [6, 6.07) is 6.07. The molecule has 0 aliphatic carbocycles. The first-order valence-corrected chi connectivity index (χ1v) is 5.10. The van der Waals surface area contributed by atoms with Gasteiger partial charge in [-0.1, -0.05) is 25.5 Å². The molecule has 0 bridgehead atoms. The average Bonchev–Trinajstić information content (AvgIpc) is 2.57. The zero-order valence-corrected chi connectivity index (χ0v) is 8.88. The summed E-state index contributed by atoms with van der Waals surface area (Å²) in [4.78, 5) is 11.3. The van der Waals surface area contributed by atoms with Crippen LogP contribution in [0.4, 0.5) is 0 Å². The zero-order chi connectivity index (χ0) is 9.97. The smallest absolute Gasteiger partial charge is 0.338 e. The van der Waals surface area contributed by atoms with Crippen LogP contribution in [0.15, 0.2) is 18.2 Å². The van der Waals surface area contributed by atoms with Gasteiger partial charge in [0.15, 0.2) is 0 Å². The van der Waals surface area contributed by atoms with E-state index in [1.165, 1.54) is 18.4 Å². The Balaban J connectivity index is 0.00000112. The van der Waals surface area contributed by atoms with Crippen molar-refractivity contribution in [3.8, 4) is 0 Å². The molecular weight excluding hydrogens is 192 g/mol. The lowest BCUT2D eigenvalue weighted by atomic mass is 10.0. The van der Waals surface area contributed by atoms with E-state index in [2.05, 4.69) is 13.0 Å². The first-order valence-electron chi connectivity index (χ1n) is 5.10. The molecule has 2 N–H and O–H groups in total. The van der Waals surface area contributed by atoms with Gasteiger partial charge in [0.1, 0.15) is 6.61 Å². The van der Waals surface area contributed by atoms with Crippen molar-refractivity contribution in [3.05, 3.63) is 34.9 Å². The van der Waals surface area contributed by atoms with E-state index in [0.717, 1.165) is 17.5 Å². The summed E-state index contributed by atoms with van der Waals surface area (Å²) in [6.45, 7) is 2.61. The van der Waals surface area contributed by atoms with Crippen LogP contribution in [0.25, 0.3) is 0 Å². The van der Waals surface area contributed by atoms with Crippen molar-refractivity contribution in [1.29, 1.82) is 0 Å². The number of rotatable bonds is 3. The van der Waals surface area contributed by atoms with Gasteiger partial charge in [-0.3, -0.25) is 0 Å². The first kappa shape index (κ1) is 11.7. The third kappa shape index (κ3) is 2.36. The molecule has 1 aliphatic rings. The number of carbonyl (C=O) groups excluding carboxylic acids is 1. The van der Waals surface area contributed by atoms with Gasteiger partial charge in [0.05, 0.1) is 5.56 Å². The van der Waals surface area contributed by atoms with Crippen molar-refractivity contribution in [2.24, 2.45) is 0 Å². The number of fused-ring (bicyclic) bond motifs is 1. The quantitative estimate of drug-likeness (QED) is 0.712. The minimum Gasteiger partial charge on any atom is -0.457 e. The number of cyclic esters (lactones) is 1. The Morgan fingerprint density at radius 3 is 2.93 bits per heavy atom. The molecule has 0 aromatic heterocycles.